The first-order valence-electron chi connectivity index (χ1n) is 12.3. The topological polar surface area (TPSA) is 89.4 Å². The van der Waals surface area contributed by atoms with Crippen molar-refractivity contribution in [2.24, 2.45) is 0 Å². The lowest BCUT2D eigenvalue weighted by atomic mass is 10.0. The van der Waals surface area contributed by atoms with Gasteiger partial charge in [-0.3, -0.25) is 9.59 Å². The number of nitrogens with one attached hydrogen (secondary N) is 1. The fourth-order valence-electron chi connectivity index (χ4n) is 4.36. The van der Waals surface area contributed by atoms with Gasteiger partial charge < -0.3 is 15.0 Å². The molecule has 2 amide bonds. The number of hydrogen-bond donors (Lipinski definition) is 1. The SMILES string of the molecule is COc1ccc(NC(=O)[C@@H](c2ccccc2)N(Cc2ccc(F)cc2)C(=O)Cn2nnc3ccccc32)cc1. The Morgan fingerprint density at radius 2 is 1.62 bits per heavy atom. The van der Waals surface area contributed by atoms with Crippen LogP contribution in [-0.2, 0) is 22.7 Å². The molecule has 1 N–H and O–H groups in total. The number of carbonyl (C=O) groups excluding carboxylic acids is 2. The van der Waals surface area contributed by atoms with E-state index in [1.165, 1.54) is 21.7 Å². The van der Waals surface area contributed by atoms with E-state index in [4.69, 9.17) is 4.74 Å². The second-order valence-electron chi connectivity index (χ2n) is 8.91. The molecule has 1 atom stereocenters. The van der Waals surface area contributed by atoms with Crippen LogP contribution in [0.1, 0.15) is 17.2 Å². The maximum Gasteiger partial charge on any atom is 0.251 e. The summed E-state index contributed by atoms with van der Waals surface area (Å²) in [5.74, 6) is -0.484. The average molecular weight is 524 g/mol. The molecule has 196 valence electrons. The number of para-hydroxylation sites is 1. The van der Waals surface area contributed by atoms with Crippen molar-refractivity contribution in [3.05, 3.63) is 120 Å². The van der Waals surface area contributed by atoms with Gasteiger partial charge in [-0.2, -0.15) is 0 Å². The Bertz CT molecular complexity index is 1570. The lowest BCUT2D eigenvalue weighted by Crippen LogP contribution is -2.42. The molecular formula is C30H26FN5O3. The van der Waals surface area contributed by atoms with Crippen LogP contribution in [0.5, 0.6) is 5.75 Å². The van der Waals surface area contributed by atoms with Crippen LogP contribution in [0.4, 0.5) is 10.1 Å². The van der Waals surface area contributed by atoms with Gasteiger partial charge in [0.25, 0.3) is 5.91 Å². The first kappa shape index (κ1) is 25.6. The van der Waals surface area contributed by atoms with E-state index >= 15 is 0 Å². The molecule has 0 saturated heterocycles. The number of benzene rings is 4. The Balaban J connectivity index is 1.52. The fraction of sp³-hybridized carbons (Fsp3) is 0.133. The van der Waals surface area contributed by atoms with Gasteiger partial charge in [0.05, 0.1) is 12.6 Å². The van der Waals surface area contributed by atoms with Crippen LogP contribution in [0.25, 0.3) is 11.0 Å². The standard InChI is InChI=1S/C30H26FN5O3/c1-39-25-17-15-24(16-18-25)32-30(38)29(22-7-3-2-4-8-22)35(19-21-11-13-23(31)14-12-21)28(37)20-36-27-10-6-5-9-26(27)33-34-36/h2-18,29H,19-20H2,1H3,(H,32,38)/t29-/m1/s1. The molecular weight excluding hydrogens is 497 g/mol. The predicted octanol–water partition coefficient (Wildman–Crippen LogP) is 4.99. The van der Waals surface area contributed by atoms with Gasteiger partial charge in [-0.15, -0.1) is 5.10 Å². The molecule has 5 rings (SSSR count). The summed E-state index contributed by atoms with van der Waals surface area (Å²) in [6, 6.07) is 28.2. The number of carbonyl (C=O) groups is 2. The van der Waals surface area contributed by atoms with Crippen LogP contribution in [-0.4, -0.2) is 38.8 Å². The highest BCUT2D eigenvalue weighted by atomic mass is 19.1. The summed E-state index contributed by atoms with van der Waals surface area (Å²) in [5, 5.41) is 11.2. The van der Waals surface area contributed by atoms with Crippen molar-refractivity contribution in [2.75, 3.05) is 12.4 Å². The monoisotopic (exact) mass is 523 g/mol. The van der Waals surface area contributed by atoms with Crippen LogP contribution in [0.2, 0.25) is 0 Å². The Labute approximate surface area is 224 Å². The van der Waals surface area contributed by atoms with Crippen molar-refractivity contribution in [3.63, 3.8) is 0 Å². The average Bonchev–Trinajstić information content (AvgIpc) is 3.37. The van der Waals surface area contributed by atoms with E-state index in [0.29, 0.717) is 33.6 Å². The molecule has 39 heavy (non-hydrogen) atoms. The molecule has 0 radical (unpaired) electrons. The molecule has 5 aromatic rings. The van der Waals surface area contributed by atoms with Crippen LogP contribution >= 0.6 is 0 Å². The first-order valence-corrected chi connectivity index (χ1v) is 12.3. The highest BCUT2D eigenvalue weighted by molar-refractivity contribution is 5.98. The Morgan fingerprint density at radius 1 is 0.923 bits per heavy atom. The van der Waals surface area contributed by atoms with Gasteiger partial charge >= 0.3 is 0 Å². The van der Waals surface area contributed by atoms with Crippen molar-refractivity contribution in [2.45, 2.75) is 19.1 Å². The summed E-state index contributed by atoms with van der Waals surface area (Å²) in [6.45, 7) is -0.0673. The maximum absolute atomic E-state index is 13.9. The van der Waals surface area contributed by atoms with Gasteiger partial charge in [0.15, 0.2) is 0 Å². The maximum atomic E-state index is 13.9. The van der Waals surface area contributed by atoms with Gasteiger partial charge in [0.2, 0.25) is 5.91 Å². The minimum Gasteiger partial charge on any atom is -0.497 e. The van der Waals surface area contributed by atoms with E-state index in [2.05, 4.69) is 15.6 Å². The molecule has 1 aromatic heterocycles. The van der Waals surface area contributed by atoms with E-state index in [1.54, 1.807) is 55.6 Å². The molecule has 0 fully saturated rings. The highest BCUT2D eigenvalue weighted by Crippen LogP contribution is 2.27. The second-order valence-corrected chi connectivity index (χ2v) is 8.91. The molecule has 0 aliphatic heterocycles. The zero-order chi connectivity index (χ0) is 27.2. The van der Waals surface area contributed by atoms with Gasteiger partial charge in [-0.1, -0.05) is 59.8 Å². The zero-order valence-electron chi connectivity index (χ0n) is 21.2. The normalized spacial score (nSPS) is 11.6. The van der Waals surface area contributed by atoms with Gasteiger partial charge in [-0.05, 0) is 59.7 Å². The van der Waals surface area contributed by atoms with Crippen LogP contribution in [0, 0.1) is 5.82 Å². The summed E-state index contributed by atoms with van der Waals surface area (Å²) in [7, 11) is 1.57. The molecule has 0 saturated carbocycles. The van der Waals surface area contributed by atoms with Crippen molar-refractivity contribution < 1.29 is 18.7 Å². The molecule has 8 nitrogen and oxygen atoms in total. The fourth-order valence-corrected chi connectivity index (χ4v) is 4.36. The van der Waals surface area contributed by atoms with Crippen molar-refractivity contribution in [1.29, 1.82) is 0 Å². The number of ether oxygens (including phenoxy) is 1. The van der Waals surface area contributed by atoms with Crippen LogP contribution in [0.15, 0.2) is 103 Å². The zero-order valence-corrected chi connectivity index (χ0v) is 21.2. The van der Waals surface area contributed by atoms with Gasteiger partial charge in [-0.25, -0.2) is 9.07 Å². The lowest BCUT2D eigenvalue weighted by molar-refractivity contribution is -0.140. The second kappa shape index (κ2) is 11.6. The van der Waals surface area contributed by atoms with E-state index in [1.807, 2.05) is 42.5 Å². The third-order valence-electron chi connectivity index (χ3n) is 6.32. The summed E-state index contributed by atoms with van der Waals surface area (Å²) >= 11 is 0. The van der Waals surface area contributed by atoms with Crippen molar-refractivity contribution in [1.82, 2.24) is 19.9 Å². The smallest absolute Gasteiger partial charge is 0.251 e. The third kappa shape index (κ3) is 5.93. The third-order valence-corrected chi connectivity index (χ3v) is 6.32. The van der Waals surface area contributed by atoms with E-state index in [-0.39, 0.29) is 24.8 Å². The van der Waals surface area contributed by atoms with Crippen LogP contribution < -0.4 is 10.1 Å². The van der Waals surface area contributed by atoms with E-state index in [0.717, 1.165) is 0 Å². The Kier molecular flexibility index (Phi) is 7.58. The number of nitrogens with zero attached hydrogens (tertiary/aromatic N) is 4. The molecule has 0 unspecified atom stereocenters. The molecule has 4 aromatic carbocycles. The van der Waals surface area contributed by atoms with E-state index in [9.17, 15) is 14.0 Å². The summed E-state index contributed by atoms with van der Waals surface area (Å²) < 4.78 is 20.4. The number of halogens is 1. The molecule has 1 heterocycles. The number of rotatable bonds is 9. The largest absolute Gasteiger partial charge is 0.497 e. The van der Waals surface area contributed by atoms with Crippen molar-refractivity contribution in [3.8, 4) is 5.75 Å². The number of aromatic nitrogens is 3. The number of anilines is 1. The van der Waals surface area contributed by atoms with Gasteiger partial charge in [0, 0.05) is 12.2 Å². The molecule has 0 aliphatic rings. The Hall–Kier alpha value is -5.05. The molecule has 9 heteroatoms. The first-order chi connectivity index (χ1) is 19.0. The van der Waals surface area contributed by atoms with Crippen LogP contribution in [0.3, 0.4) is 0 Å². The minimum atomic E-state index is -0.986. The predicted molar refractivity (Wildman–Crippen MR) is 145 cm³/mol. The van der Waals surface area contributed by atoms with Gasteiger partial charge in [0.1, 0.15) is 29.7 Å². The highest BCUT2D eigenvalue weighted by Gasteiger charge is 2.32. The summed E-state index contributed by atoms with van der Waals surface area (Å²) in [5.41, 5.74) is 3.21. The minimum absolute atomic E-state index is 0.0708. The van der Waals surface area contributed by atoms with E-state index < -0.39 is 11.9 Å². The molecule has 0 aliphatic carbocycles. The number of amides is 2. The number of fused-ring (bicyclic) bond motifs is 1. The molecule has 0 bridgehead atoms. The quantitative estimate of drug-likeness (QED) is 0.294. The summed E-state index contributed by atoms with van der Waals surface area (Å²) in [4.78, 5) is 29.3. The Morgan fingerprint density at radius 3 is 2.33 bits per heavy atom. The molecule has 0 spiro atoms. The lowest BCUT2D eigenvalue weighted by Gasteiger charge is -2.31. The number of methoxy groups -OCH3 is 1. The summed E-state index contributed by atoms with van der Waals surface area (Å²) in [6.07, 6.45) is 0. The number of hydrogen-bond acceptors (Lipinski definition) is 5. The van der Waals surface area contributed by atoms with Crippen molar-refractivity contribution >= 4 is 28.5 Å².